The molecule has 0 saturated carbocycles. The summed E-state index contributed by atoms with van der Waals surface area (Å²) in [5.74, 6) is 0. The molecule has 0 spiro atoms. The maximum Gasteiger partial charge on any atom is 0.407 e. The summed E-state index contributed by atoms with van der Waals surface area (Å²) in [6.45, 7) is 0.639. The molecule has 1 N–H and O–H groups in total. The Morgan fingerprint density at radius 3 is 2.86 bits per heavy atom. The lowest BCUT2D eigenvalue weighted by Gasteiger charge is -2.22. The number of carbonyl (C=O) groups is 1. The second kappa shape index (κ2) is 10.5. The van der Waals surface area contributed by atoms with Gasteiger partial charge in [-0.15, -0.1) is 10.2 Å². The van der Waals surface area contributed by atoms with Gasteiger partial charge in [0.15, 0.2) is 0 Å². The SMILES string of the molecule is O=C(NCc1nnc(C2CCCN2S(=O)(=O)c2ccc3ccc(Cl)cc3c2)s1)OCc1cccnc1. The van der Waals surface area contributed by atoms with E-state index in [0.717, 1.165) is 22.8 Å². The van der Waals surface area contributed by atoms with Gasteiger partial charge < -0.3 is 10.1 Å². The van der Waals surface area contributed by atoms with Crippen molar-refractivity contribution in [2.45, 2.75) is 36.9 Å². The number of halogens is 1. The molecule has 1 saturated heterocycles. The van der Waals surface area contributed by atoms with E-state index in [-0.39, 0.29) is 18.0 Å². The normalized spacial score (nSPS) is 16.3. The molecular weight excluding hydrogens is 522 g/mol. The highest BCUT2D eigenvalue weighted by Crippen LogP contribution is 2.38. The van der Waals surface area contributed by atoms with Crippen molar-refractivity contribution in [3.8, 4) is 0 Å². The Morgan fingerprint density at radius 1 is 1.17 bits per heavy atom. The number of nitrogens with zero attached hydrogens (tertiary/aromatic N) is 4. The summed E-state index contributed by atoms with van der Waals surface area (Å²) < 4.78 is 33.7. The van der Waals surface area contributed by atoms with Crippen molar-refractivity contribution in [1.29, 1.82) is 0 Å². The molecule has 9 nitrogen and oxygen atoms in total. The third-order valence-corrected chi connectivity index (χ3v) is 8.99. The van der Waals surface area contributed by atoms with Crippen molar-refractivity contribution in [1.82, 2.24) is 24.8 Å². The Bertz CT molecular complexity index is 1500. The van der Waals surface area contributed by atoms with Gasteiger partial charge >= 0.3 is 6.09 Å². The molecule has 1 aliphatic heterocycles. The number of rotatable bonds is 7. The molecule has 12 heteroatoms. The fraction of sp³-hybridized carbons (Fsp3) is 0.250. The van der Waals surface area contributed by atoms with E-state index >= 15 is 0 Å². The smallest absolute Gasteiger partial charge is 0.407 e. The minimum absolute atomic E-state index is 0.108. The zero-order valence-electron chi connectivity index (χ0n) is 19.0. The van der Waals surface area contributed by atoms with Gasteiger partial charge in [0, 0.05) is 29.5 Å². The van der Waals surface area contributed by atoms with E-state index in [1.807, 2.05) is 12.1 Å². The molecule has 1 amide bonds. The molecule has 2 aromatic carbocycles. The number of sulfonamides is 1. The molecular formula is C24H22ClN5O4S2. The molecule has 1 aliphatic rings. The van der Waals surface area contributed by atoms with Crippen LogP contribution in [0, 0.1) is 0 Å². The number of fused-ring (bicyclic) bond motifs is 1. The van der Waals surface area contributed by atoms with Crippen molar-refractivity contribution in [2.75, 3.05) is 6.54 Å². The Labute approximate surface area is 217 Å². The molecule has 1 fully saturated rings. The van der Waals surface area contributed by atoms with Crippen LogP contribution in [0.4, 0.5) is 4.79 Å². The maximum atomic E-state index is 13.5. The maximum absolute atomic E-state index is 13.5. The van der Waals surface area contributed by atoms with Gasteiger partial charge in [-0.05, 0) is 53.9 Å². The number of carbonyl (C=O) groups excluding carboxylic acids is 1. The number of hydrogen-bond donors (Lipinski definition) is 1. The molecule has 0 bridgehead atoms. The third-order valence-electron chi connectivity index (χ3n) is 5.83. The molecule has 186 valence electrons. The molecule has 0 radical (unpaired) electrons. The number of benzene rings is 2. The highest BCUT2D eigenvalue weighted by Gasteiger charge is 2.38. The van der Waals surface area contributed by atoms with E-state index in [9.17, 15) is 13.2 Å². The van der Waals surface area contributed by atoms with Crippen molar-refractivity contribution < 1.29 is 17.9 Å². The van der Waals surface area contributed by atoms with Gasteiger partial charge in [-0.2, -0.15) is 4.31 Å². The average Bonchev–Trinajstić information content (AvgIpc) is 3.56. The summed E-state index contributed by atoms with van der Waals surface area (Å²) in [5, 5.41) is 14.4. The first kappa shape index (κ1) is 24.6. The van der Waals surface area contributed by atoms with E-state index < -0.39 is 22.2 Å². The lowest BCUT2D eigenvalue weighted by atomic mass is 10.1. The molecule has 1 atom stereocenters. The molecule has 0 aliphatic carbocycles. The van der Waals surface area contributed by atoms with Crippen molar-refractivity contribution >= 4 is 49.8 Å². The number of nitrogens with one attached hydrogen (secondary N) is 1. The van der Waals surface area contributed by atoms with Crippen LogP contribution in [0.5, 0.6) is 0 Å². The third kappa shape index (κ3) is 5.34. The van der Waals surface area contributed by atoms with Crippen LogP contribution < -0.4 is 5.32 Å². The number of hydrogen-bond acceptors (Lipinski definition) is 8. The van der Waals surface area contributed by atoms with Crippen molar-refractivity contribution in [3.05, 3.63) is 81.5 Å². The number of aromatic nitrogens is 3. The van der Waals surface area contributed by atoms with Crippen LogP contribution in [-0.2, 0) is 27.9 Å². The minimum Gasteiger partial charge on any atom is -0.445 e. The fourth-order valence-corrected chi connectivity index (χ4v) is 6.94. The largest absolute Gasteiger partial charge is 0.445 e. The lowest BCUT2D eigenvalue weighted by Crippen LogP contribution is -2.30. The topological polar surface area (TPSA) is 114 Å². The van der Waals surface area contributed by atoms with Gasteiger partial charge in [0.2, 0.25) is 10.0 Å². The second-order valence-corrected chi connectivity index (χ2v) is 11.7. The van der Waals surface area contributed by atoms with Crippen LogP contribution in [0.15, 0.2) is 65.8 Å². The van der Waals surface area contributed by atoms with E-state index in [2.05, 4.69) is 20.5 Å². The minimum atomic E-state index is -3.76. The quantitative estimate of drug-likeness (QED) is 0.359. The summed E-state index contributed by atoms with van der Waals surface area (Å²) in [5.41, 5.74) is 0.780. The monoisotopic (exact) mass is 543 g/mol. The number of pyridine rings is 1. The summed E-state index contributed by atoms with van der Waals surface area (Å²) >= 11 is 7.38. The molecule has 4 aromatic rings. The van der Waals surface area contributed by atoms with Gasteiger partial charge in [-0.25, -0.2) is 13.2 Å². The first-order chi connectivity index (χ1) is 17.4. The van der Waals surface area contributed by atoms with Gasteiger partial charge in [0.25, 0.3) is 0 Å². The second-order valence-electron chi connectivity index (χ2n) is 8.25. The Hall–Kier alpha value is -3.12. The lowest BCUT2D eigenvalue weighted by molar-refractivity contribution is 0.139. The first-order valence-corrected chi connectivity index (χ1v) is 13.9. The molecule has 36 heavy (non-hydrogen) atoms. The summed E-state index contributed by atoms with van der Waals surface area (Å²) in [6.07, 6.45) is 4.05. The fourth-order valence-electron chi connectivity index (χ4n) is 4.07. The van der Waals surface area contributed by atoms with Gasteiger partial charge in [-0.3, -0.25) is 4.98 Å². The Kier molecular flexibility index (Phi) is 7.15. The van der Waals surface area contributed by atoms with Crippen LogP contribution in [-0.4, -0.2) is 40.5 Å². The molecule has 5 rings (SSSR count). The first-order valence-electron chi connectivity index (χ1n) is 11.2. The number of ether oxygens (including phenoxy) is 1. The molecule has 2 aromatic heterocycles. The van der Waals surface area contributed by atoms with E-state index in [1.54, 1.807) is 48.8 Å². The standard InChI is InChI=1S/C24H22ClN5O4S2/c25-19-7-5-17-6-8-20(12-18(17)11-19)36(32,33)30-10-2-4-21(30)23-29-28-22(35-23)14-27-24(31)34-15-16-3-1-9-26-13-16/h1,3,5-9,11-13,21H,2,4,10,14-15H2,(H,27,31). The van der Waals surface area contributed by atoms with Gasteiger partial charge in [-0.1, -0.05) is 41.1 Å². The van der Waals surface area contributed by atoms with Crippen molar-refractivity contribution in [3.63, 3.8) is 0 Å². The van der Waals surface area contributed by atoms with Crippen molar-refractivity contribution in [2.24, 2.45) is 0 Å². The van der Waals surface area contributed by atoms with Gasteiger partial charge in [0.1, 0.15) is 16.6 Å². The van der Waals surface area contributed by atoms with Crippen LogP contribution in [0.1, 0.15) is 34.5 Å². The van der Waals surface area contributed by atoms with Crippen LogP contribution in [0.3, 0.4) is 0 Å². The van der Waals surface area contributed by atoms with Crippen LogP contribution in [0.2, 0.25) is 5.02 Å². The van der Waals surface area contributed by atoms with Crippen LogP contribution >= 0.6 is 22.9 Å². The molecule has 3 heterocycles. The average molecular weight is 544 g/mol. The van der Waals surface area contributed by atoms with E-state index in [0.29, 0.717) is 28.0 Å². The highest BCUT2D eigenvalue weighted by molar-refractivity contribution is 7.89. The van der Waals surface area contributed by atoms with E-state index in [4.69, 9.17) is 16.3 Å². The zero-order valence-corrected chi connectivity index (χ0v) is 21.4. The van der Waals surface area contributed by atoms with Gasteiger partial charge in [0.05, 0.1) is 17.5 Å². The van der Waals surface area contributed by atoms with E-state index in [1.165, 1.54) is 15.6 Å². The van der Waals surface area contributed by atoms with Crippen LogP contribution in [0.25, 0.3) is 10.8 Å². The summed E-state index contributed by atoms with van der Waals surface area (Å²) in [4.78, 5) is 16.2. The molecule has 1 unspecified atom stereocenters. The predicted molar refractivity (Wildman–Crippen MR) is 136 cm³/mol. The Morgan fingerprint density at radius 2 is 2.03 bits per heavy atom. The number of amides is 1. The number of alkyl carbamates (subject to hydrolysis) is 1. The Balaban J connectivity index is 1.25. The summed E-state index contributed by atoms with van der Waals surface area (Å²) in [6, 6.07) is 13.6. The zero-order chi connectivity index (χ0) is 25.1. The predicted octanol–water partition coefficient (Wildman–Crippen LogP) is 4.69. The summed E-state index contributed by atoms with van der Waals surface area (Å²) in [7, 11) is -3.76. The highest BCUT2D eigenvalue weighted by atomic mass is 35.5.